The molecule has 0 bridgehead atoms. The van der Waals surface area contributed by atoms with Gasteiger partial charge in [-0.3, -0.25) is 24.3 Å². The van der Waals surface area contributed by atoms with Crippen molar-refractivity contribution in [3.8, 4) is 0 Å². The summed E-state index contributed by atoms with van der Waals surface area (Å²) in [4.78, 5) is 74.8. The van der Waals surface area contributed by atoms with Gasteiger partial charge in [0.2, 0.25) is 0 Å². The number of aliphatic hydroxyl groups is 1. The van der Waals surface area contributed by atoms with E-state index >= 15 is 4.79 Å². The van der Waals surface area contributed by atoms with E-state index < -0.39 is 95.2 Å². The van der Waals surface area contributed by atoms with Crippen LogP contribution in [0, 0.1) is 23.7 Å². The van der Waals surface area contributed by atoms with Crippen molar-refractivity contribution >= 4 is 35.0 Å². The number of likely N-dealkylation sites (N-methyl/N-ethyl adjacent to an activating group) is 1. The second-order valence-corrected chi connectivity index (χ2v) is 19.9. The van der Waals surface area contributed by atoms with Crippen LogP contribution in [0.15, 0.2) is 61.8 Å². The summed E-state index contributed by atoms with van der Waals surface area (Å²) in [5.74, 6) is -6.58. The van der Waals surface area contributed by atoms with E-state index in [0.29, 0.717) is 37.9 Å². The topological polar surface area (TPSA) is 194 Å². The van der Waals surface area contributed by atoms with Crippen LogP contribution in [-0.2, 0) is 55.8 Å². The summed E-state index contributed by atoms with van der Waals surface area (Å²) in [6.07, 6.45) is 4.95. The average Bonchev–Trinajstić information content (AvgIpc) is 3.84. The highest BCUT2D eigenvalue weighted by Crippen LogP contribution is 2.45. The van der Waals surface area contributed by atoms with Crippen LogP contribution in [0.1, 0.15) is 100.0 Å². The highest BCUT2D eigenvalue weighted by Gasteiger charge is 2.61. The number of methoxy groups -OCH3 is 1. The van der Waals surface area contributed by atoms with Crippen LogP contribution >= 0.6 is 0 Å². The number of imidazole rings is 1. The molecule has 6 rings (SSSR count). The van der Waals surface area contributed by atoms with Crippen molar-refractivity contribution in [1.82, 2.24) is 29.3 Å². The molecule has 1 amide bonds. The van der Waals surface area contributed by atoms with Gasteiger partial charge in [-0.2, -0.15) is 0 Å². The fraction of sp³-hybridized carbons (Fsp3) is 0.667. The number of amides is 1. The van der Waals surface area contributed by atoms with Crippen LogP contribution in [0.3, 0.4) is 0 Å². The van der Waals surface area contributed by atoms with E-state index in [1.165, 1.54) is 7.11 Å². The number of esters is 2. The molecule has 3 aliphatic rings. The number of aromatic nitrogens is 4. The number of carbonyl (C=O) groups excluding carboxylic acids is 4. The molecule has 0 saturated carbocycles. The Labute approximate surface area is 401 Å². The van der Waals surface area contributed by atoms with Crippen molar-refractivity contribution in [3.63, 3.8) is 0 Å². The van der Waals surface area contributed by atoms with Gasteiger partial charge in [-0.05, 0) is 97.5 Å². The number of unbranched alkanes of at least 4 members (excludes halogenated alkanes) is 1. The number of fused-ring (bicyclic) bond motifs is 2. The maximum atomic E-state index is 15.1. The molecule has 0 spiro atoms. The van der Waals surface area contributed by atoms with Gasteiger partial charge >= 0.3 is 18.0 Å². The molecule has 374 valence electrons. The molecule has 3 aromatic heterocycles. The Hall–Kier alpha value is -4.81. The summed E-state index contributed by atoms with van der Waals surface area (Å²) in [6, 6.07) is 5.99. The molecule has 3 saturated heterocycles. The van der Waals surface area contributed by atoms with Crippen molar-refractivity contribution in [1.29, 1.82) is 0 Å². The number of pyridine rings is 2. The quantitative estimate of drug-likeness (QED) is 0.0767. The minimum Gasteiger partial charge on any atom is -0.461 e. The molecule has 0 radical (unpaired) electrons. The van der Waals surface area contributed by atoms with E-state index in [0.717, 1.165) is 11.2 Å². The minimum absolute atomic E-state index is 0.0979. The molecule has 1 N–H and O–H groups in total. The standard InChI is InChI=1S/C51H74N6O11/c1-13-23-55(11)38-26-32(4)66-51(10,44(38)60)67-45-34(6)42(65-40(58)27-36-19-17-21-52-29-36)35(7)47(61)64-39(14-2)50(9)43(33(5)41(59)31(3)28-49(45,8)63-12)57(48(62)68-50)25-16-15-24-56-30-54-37-20-18-22-53-46(37)56/h13,17-22,29-35,38-39,42-45,60H,1,14-16,23-28H2,2-12H3/t31-,32-,33+,34+,35-,38+,39-,42?,43-,44-,45-,49-,50-,51+/m1/s1. The maximum absolute atomic E-state index is 15.1. The third kappa shape index (κ3) is 11.0. The van der Waals surface area contributed by atoms with Gasteiger partial charge in [0.05, 0.1) is 42.5 Å². The first kappa shape index (κ1) is 52.6. The lowest BCUT2D eigenvalue weighted by Gasteiger charge is -2.52. The van der Waals surface area contributed by atoms with Crippen LogP contribution in [0.5, 0.6) is 0 Å². The lowest BCUT2D eigenvalue weighted by molar-refractivity contribution is -0.358. The van der Waals surface area contributed by atoms with E-state index in [1.807, 2.05) is 56.3 Å². The lowest BCUT2D eigenvalue weighted by Crippen LogP contribution is -2.65. The maximum Gasteiger partial charge on any atom is 0.410 e. The number of carbonyl (C=O) groups is 4. The van der Waals surface area contributed by atoms with Crippen LogP contribution in [-0.4, -0.2) is 145 Å². The molecule has 3 fully saturated rings. The Bertz CT molecular complexity index is 2230. The average molecular weight is 947 g/mol. The zero-order valence-corrected chi connectivity index (χ0v) is 41.8. The van der Waals surface area contributed by atoms with Gasteiger partial charge in [-0.25, -0.2) is 14.8 Å². The van der Waals surface area contributed by atoms with Crippen molar-refractivity contribution in [2.75, 3.05) is 27.2 Å². The monoisotopic (exact) mass is 947 g/mol. The molecule has 0 aliphatic carbocycles. The molecule has 17 nitrogen and oxygen atoms in total. The SMILES string of the molecule is C=CCN(C)[C@H]1C[C@@H](C)O[C@@](C)(O[C@@H]2[C@@H](C)C(OC(=O)Cc3cccnc3)[C@@H](C)C(=O)O[C@H](CC)[C@@]3(C)OC(=O)N(CCCCn4cnc5cccnc54)[C@@H]3[C@@H](C)C(=O)[C@H](C)C[C@@]2(C)OC)[C@@H]1O. The first-order chi connectivity index (χ1) is 32.2. The Morgan fingerprint density at radius 3 is 2.43 bits per heavy atom. The summed E-state index contributed by atoms with van der Waals surface area (Å²) < 4.78 is 41.2. The summed E-state index contributed by atoms with van der Waals surface area (Å²) in [6.45, 7) is 21.3. The molecular formula is C51H74N6O11. The van der Waals surface area contributed by atoms with Gasteiger partial charge in [-0.15, -0.1) is 6.58 Å². The van der Waals surface area contributed by atoms with Crippen molar-refractivity contribution < 1.29 is 52.7 Å². The second-order valence-electron chi connectivity index (χ2n) is 19.9. The molecule has 17 heteroatoms. The summed E-state index contributed by atoms with van der Waals surface area (Å²) in [7, 11) is 3.42. The van der Waals surface area contributed by atoms with Gasteiger partial charge < -0.3 is 43.0 Å². The predicted octanol–water partition coefficient (Wildman–Crippen LogP) is 6.34. The van der Waals surface area contributed by atoms with E-state index in [1.54, 1.807) is 82.6 Å². The van der Waals surface area contributed by atoms with Gasteiger partial charge in [0, 0.05) is 69.1 Å². The number of hydrogen-bond acceptors (Lipinski definition) is 15. The fourth-order valence-corrected chi connectivity index (χ4v) is 11.2. The number of hydrogen-bond donors (Lipinski definition) is 1. The Morgan fingerprint density at radius 2 is 1.75 bits per heavy atom. The first-order valence-electron chi connectivity index (χ1n) is 24.2. The fourth-order valence-electron chi connectivity index (χ4n) is 11.2. The third-order valence-electron chi connectivity index (χ3n) is 14.8. The third-order valence-corrected chi connectivity index (χ3v) is 14.8. The largest absolute Gasteiger partial charge is 0.461 e. The Kier molecular flexibility index (Phi) is 16.9. The predicted molar refractivity (Wildman–Crippen MR) is 253 cm³/mol. The smallest absolute Gasteiger partial charge is 0.410 e. The van der Waals surface area contributed by atoms with Gasteiger partial charge in [0.15, 0.2) is 17.0 Å². The van der Waals surface area contributed by atoms with E-state index in [4.69, 9.17) is 28.4 Å². The zero-order chi connectivity index (χ0) is 49.7. The molecule has 68 heavy (non-hydrogen) atoms. The number of Topliss-reactive ketones (excluding diaryl/α,β-unsaturated/α-hetero) is 1. The molecular weight excluding hydrogens is 873 g/mol. The van der Waals surface area contributed by atoms with Gasteiger partial charge in [0.25, 0.3) is 0 Å². The van der Waals surface area contributed by atoms with Crippen LogP contribution in [0.25, 0.3) is 11.2 Å². The van der Waals surface area contributed by atoms with Gasteiger partial charge in [-0.1, -0.05) is 39.8 Å². The van der Waals surface area contributed by atoms with Crippen LogP contribution < -0.4 is 0 Å². The number of ether oxygens (including phenoxy) is 6. The zero-order valence-electron chi connectivity index (χ0n) is 41.8. The molecule has 6 heterocycles. The van der Waals surface area contributed by atoms with E-state index in [2.05, 4.69) is 21.5 Å². The number of nitrogens with zero attached hydrogens (tertiary/aromatic N) is 6. The van der Waals surface area contributed by atoms with Crippen molar-refractivity contribution in [2.45, 2.75) is 167 Å². The minimum atomic E-state index is -1.64. The molecule has 1 unspecified atom stereocenters. The summed E-state index contributed by atoms with van der Waals surface area (Å²) in [5.41, 5.74) is -0.624. The first-order valence-corrected chi connectivity index (χ1v) is 24.2. The molecule has 0 aromatic carbocycles. The van der Waals surface area contributed by atoms with Crippen LogP contribution in [0.2, 0.25) is 0 Å². The number of rotatable bonds is 15. The molecule has 14 atom stereocenters. The van der Waals surface area contributed by atoms with Crippen LogP contribution in [0.4, 0.5) is 4.79 Å². The highest BCUT2D eigenvalue weighted by molar-refractivity contribution is 5.85. The van der Waals surface area contributed by atoms with Crippen molar-refractivity contribution in [2.24, 2.45) is 23.7 Å². The molecule has 3 aromatic rings. The Morgan fingerprint density at radius 1 is 1.03 bits per heavy atom. The molecule has 3 aliphatic heterocycles. The number of aryl methyl sites for hydroxylation is 1. The van der Waals surface area contributed by atoms with E-state index in [9.17, 15) is 19.5 Å². The second kappa shape index (κ2) is 21.9. The highest BCUT2D eigenvalue weighted by atomic mass is 16.7. The van der Waals surface area contributed by atoms with Gasteiger partial charge in [0.1, 0.15) is 29.6 Å². The van der Waals surface area contributed by atoms with Crippen molar-refractivity contribution in [3.05, 3.63) is 67.4 Å². The number of ketones is 1. The normalized spacial score (nSPS) is 35.1. The Balaban J connectivity index is 1.39. The van der Waals surface area contributed by atoms with E-state index in [-0.39, 0.29) is 37.7 Å². The lowest BCUT2D eigenvalue weighted by atomic mass is 9.73. The number of aliphatic hydroxyl groups excluding tert-OH is 1. The number of cyclic esters (lactones) is 1. The summed E-state index contributed by atoms with van der Waals surface area (Å²) in [5, 5.41) is 12.2. The summed E-state index contributed by atoms with van der Waals surface area (Å²) >= 11 is 0.